The van der Waals surface area contributed by atoms with Gasteiger partial charge in [0.05, 0.1) is 6.04 Å². The lowest BCUT2D eigenvalue weighted by Crippen LogP contribution is -2.43. The number of carbonyl (C=O) groups excluding carboxylic acids is 3. The maximum absolute atomic E-state index is 13.0. The van der Waals surface area contributed by atoms with Gasteiger partial charge in [0.25, 0.3) is 5.91 Å². The summed E-state index contributed by atoms with van der Waals surface area (Å²) in [6.45, 7) is 5.33. The van der Waals surface area contributed by atoms with Crippen molar-refractivity contribution in [2.75, 3.05) is 6.54 Å². The van der Waals surface area contributed by atoms with Crippen LogP contribution in [0.5, 0.6) is 0 Å². The molecule has 152 valence electrons. The summed E-state index contributed by atoms with van der Waals surface area (Å²) in [4.78, 5) is 38.9. The predicted molar refractivity (Wildman–Crippen MR) is 111 cm³/mol. The summed E-state index contributed by atoms with van der Waals surface area (Å²) in [6.07, 6.45) is 2.00. The molecule has 0 unspecified atom stereocenters. The molecule has 4 amide bonds. The number of amides is 4. The molecule has 29 heavy (non-hydrogen) atoms. The van der Waals surface area contributed by atoms with Gasteiger partial charge in [-0.25, -0.2) is 4.79 Å². The molecule has 2 aromatic rings. The van der Waals surface area contributed by atoms with E-state index in [1.54, 1.807) is 6.92 Å². The number of hydrogen-bond acceptors (Lipinski definition) is 3. The number of nitrogens with one attached hydrogen (secondary N) is 2. The number of hydrogen-bond donors (Lipinski definition) is 2. The minimum Gasteiger partial charge on any atom is -0.348 e. The summed E-state index contributed by atoms with van der Waals surface area (Å²) in [7, 11) is 0. The summed E-state index contributed by atoms with van der Waals surface area (Å²) in [6, 6.07) is 16.4. The second-order valence-corrected chi connectivity index (χ2v) is 7.59. The number of nitrogens with zero attached hydrogens (tertiary/aromatic N) is 1. The van der Waals surface area contributed by atoms with Crippen molar-refractivity contribution >= 4 is 17.8 Å². The van der Waals surface area contributed by atoms with Crippen molar-refractivity contribution in [3.63, 3.8) is 0 Å². The quantitative estimate of drug-likeness (QED) is 0.709. The standard InChI is InChI=1S/C23H27N3O3/c1-4-8-17-11-13-19(14-12-17)23(3)21(28)26(22(29)25-23)15-20(27)24-16(2)18-9-6-5-7-10-18/h5-7,9-14,16H,4,8,15H2,1-3H3,(H,24,27)(H,25,29)/t16-,23+/m1/s1. The molecule has 2 N–H and O–H groups in total. The molecule has 0 spiro atoms. The van der Waals surface area contributed by atoms with Crippen LogP contribution in [0.1, 0.15) is 49.9 Å². The summed E-state index contributed by atoms with van der Waals surface area (Å²) in [5, 5.41) is 5.59. The van der Waals surface area contributed by atoms with Gasteiger partial charge in [0.1, 0.15) is 12.1 Å². The minimum atomic E-state index is -1.17. The maximum atomic E-state index is 13.0. The van der Waals surface area contributed by atoms with Gasteiger partial charge in [-0.1, -0.05) is 67.9 Å². The van der Waals surface area contributed by atoms with Gasteiger partial charge in [-0.3, -0.25) is 14.5 Å². The van der Waals surface area contributed by atoms with Gasteiger partial charge in [0.15, 0.2) is 0 Å². The molecule has 0 radical (unpaired) electrons. The lowest BCUT2D eigenvalue weighted by molar-refractivity contribution is -0.135. The fraction of sp³-hybridized carbons (Fsp3) is 0.348. The average molecular weight is 393 g/mol. The molecule has 2 atom stereocenters. The normalized spacial score (nSPS) is 19.8. The molecular formula is C23H27N3O3. The van der Waals surface area contributed by atoms with Gasteiger partial charge in [0, 0.05) is 0 Å². The maximum Gasteiger partial charge on any atom is 0.325 e. The molecule has 0 aromatic heterocycles. The highest BCUT2D eigenvalue weighted by Gasteiger charge is 2.49. The third-order valence-corrected chi connectivity index (χ3v) is 5.32. The Hall–Kier alpha value is -3.15. The molecule has 1 aliphatic rings. The first-order valence-corrected chi connectivity index (χ1v) is 9.93. The third kappa shape index (κ3) is 4.31. The van der Waals surface area contributed by atoms with E-state index in [1.165, 1.54) is 5.56 Å². The molecular weight excluding hydrogens is 366 g/mol. The van der Waals surface area contributed by atoms with Gasteiger partial charge in [-0.15, -0.1) is 0 Å². The van der Waals surface area contributed by atoms with Crippen LogP contribution in [-0.4, -0.2) is 29.3 Å². The van der Waals surface area contributed by atoms with E-state index in [0.29, 0.717) is 5.56 Å². The predicted octanol–water partition coefficient (Wildman–Crippen LogP) is 3.28. The summed E-state index contributed by atoms with van der Waals surface area (Å²) >= 11 is 0. The Morgan fingerprint density at radius 3 is 2.38 bits per heavy atom. The van der Waals surface area contributed by atoms with Crippen LogP contribution in [0.3, 0.4) is 0 Å². The zero-order valence-corrected chi connectivity index (χ0v) is 17.1. The molecule has 0 bridgehead atoms. The van der Waals surface area contributed by atoms with Crippen molar-refractivity contribution < 1.29 is 14.4 Å². The van der Waals surface area contributed by atoms with Crippen LogP contribution >= 0.6 is 0 Å². The van der Waals surface area contributed by atoms with Crippen LogP contribution in [0.25, 0.3) is 0 Å². The largest absolute Gasteiger partial charge is 0.348 e. The number of carbonyl (C=O) groups is 3. The smallest absolute Gasteiger partial charge is 0.325 e. The Labute approximate surface area is 171 Å². The second-order valence-electron chi connectivity index (χ2n) is 7.59. The highest BCUT2D eigenvalue weighted by atomic mass is 16.2. The Morgan fingerprint density at radius 2 is 1.76 bits per heavy atom. The summed E-state index contributed by atoms with van der Waals surface area (Å²) < 4.78 is 0. The Bertz CT molecular complexity index is 895. The van der Waals surface area contributed by atoms with Crippen molar-refractivity contribution in [2.45, 2.75) is 45.2 Å². The first kappa shape index (κ1) is 20.6. The van der Waals surface area contributed by atoms with Gasteiger partial charge in [-0.2, -0.15) is 0 Å². The average Bonchev–Trinajstić information content (AvgIpc) is 2.93. The number of imide groups is 1. The van der Waals surface area contributed by atoms with Crippen LogP contribution < -0.4 is 10.6 Å². The highest BCUT2D eigenvalue weighted by Crippen LogP contribution is 2.29. The van der Waals surface area contributed by atoms with Gasteiger partial charge in [0.2, 0.25) is 5.91 Å². The topological polar surface area (TPSA) is 78.5 Å². The summed E-state index contributed by atoms with van der Waals surface area (Å²) in [5.74, 6) is -0.805. The first-order valence-electron chi connectivity index (χ1n) is 9.93. The van der Waals surface area contributed by atoms with Crippen molar-refractivity contribution in [1.29, 1.82) is 0 Å². The monoisotopic (exact) mass is 393 g/mol. The van der Waals surface area contributed by atoms with Crippen LogP contribution in [0, 0.1) is 0 Å². The van der Waals surface area contributed by atoms with Gasteiger partial charge >= 0.3 is 6.03 Å². The molecule has 6 heteroatoms. The van der Waals surface area contributed by atoms with E-state index in [9.17, 15) is 14.4 Å². The van der Waals surface area contributed by atoms with Crippen molar-refractivity contribution in [1.82, 2.24) is 15.5 Å². The van der Waals surface area contributed by atoms with Crippen LogP contribution in [0.2, 0.25) is 0 Å². The SMILES string of the molecule is CCCc1ccc([C@]2(C)NC(=O)N(CC(=O)N[C@H](C)c3ccccc3)C2=O)cc1. The molecule has 2 aromatic carbocycles. The highest BCUT2D eigenvalue weighted by molar-refractivity contribution is 6.09. The third-order valence-electron chi connectivity index (χ3n) is 5.32. The number of urea groups is 1. The molecule has 1 saturated heterocycles. The van der Waals surface area contributed by atoms with Crippen molar-refractivity contribution in [3.8, 4) is 0 Å². The van der Waals surface area contributed by atoms with E-state index in [4.69, 9.17) is 0 Å². The minimum absolute atomic E-state index is 0.220. The van der Waals surface area contributed by atoms with E-state index in [0.717, 1.165) is 23.3 Å². The lowest BCUT2D eigenvalue weighted by Gasteiger charge is -2.22. The fourth-order valence-electron chi connectivity index (χ4n) is 3.59. The molecule has 0 saturated carbocycles. The van der Waals surface area contributed by atoms with Gasteiger partial charge < -0.3 is 10.6 Å². The van der Waals surface area contributed by atoms with Crippen molar-refractivity contribution in [3.05, 3.63) is 71.3 Å². The van der Waals surface area contributed by atoms with Crippen LogP contribution in [0.15, 0.2) is 54.6 Å². The second kappa shape index (κ2) is 8.47. The molecule has 1 heterocycles. The van der Waals surface area contributed by atoms with E-state index in [1.807, 2.05) is 61.5 Å². The van der Waals surface area contributed by atoms with Gasteiger partial charge in [-0.05, 0) is 37.0 Å². The number of rotatable bonds is 7. The summed E-state index contributed by atoms with van der Waals surface area (Å²) in [5.41, 5.74) is 1.67. The fourth-order valence-corrected chi connectivity index (χ4v) is 3.59. The van der Waals surface area contributed by atoms with Crippen molar-refractivity contribution in [2.24, 2.45) is 0 Å². The zero-order valence-electron chi connectivity index (χ0n) is 17.1. The molecule has 3 rings (SSSR count). The van der Waals surface area contributed by atoms with Crippen LogP contribution in [0.4, 0.5) is 4.79 Å². The zero-order chi connectivity index (χ0) is 21.0. The molecule has 6 nitrogen and oxygen atoms in total. The van der Waals surface area contributed by atoms with E-state index >= 15 is 0 Å². The molecule has 1 fully saturated rings. The molecule has 1 aliphatic heterocycles. The van der Waals surface area contributed by atoms with Crippen LogP contribution in [-0.2, 0) is 21.5 Å². The van der Waals surface area contributed by atoms with E-state index in [2.05, 4.69) is 17.6 Å². The first-order chi connectivity index (χ1) is 13.8. The molecule has 0 aliphatic carbocycles. The number of benzene rings is 2. The Balaban J connectivity index is 1.69. The Kier molecular flexibility index (Phi) is 6.01. The van der Waals surface area contributed by atoms with E-state index in [-0.39, 0.29) is 18.5 Å². The Morgan fingerprint density at radius 1 is 1.10 bits per heavy atom. The van der Waals surface area contributed by atoms with E-state index < -0.39 is 17.5 Å². The lowest BCUT2D eigenvalue weighted by atomic mass is 9.91. The number of aryl methyl sites for hydroxylation is 1.